The lowest BCUT2D eigenvalue weighted by molar-refractivity contribution is -0.137. The molecular weight excluding hydrogens is 312 g/mol. The third-order valence-corrected chi connectivity index (χ3v) is 3.58. The van der Waals surface area contributed by atoms with Crippen molar-refractivity contribution < 1.29 is 24.2 Å². The number of nitrogens with zero attached hydrogens (tertiary/aromatic N) is 1. The van der Waals surface area contributed by atoms with Gasteiger partial charge >= 0.3 is 0 Å². The Morgan fingerprint density at radius 1 is 1.12 bits per heavy atom. The Labute approximate surface area is 137 Å². The lowest BCUT2D eigenvalue weighted by atomic mass is 10.1. The molecule has 0 unspecified atom stereocenters. The van der Waals surface area contributed by atoms with Crippen LogP contribution in [0.2, 0.25) is 0 Å². The maximum Gasteiger partial charge on any atom is 0.277 e. The van der Waals surface area contributed by atoms with Gasteiger partial charge in [0.1, 0.15) is 23.8 Å². The van der Waals surface area contributed by atoms with Gasteiger partial charge < -0.3 is 19.9 Å². The van der Waals surface area contributed by atoms with Crippen LogP contribution >= 0.6 is 0 Å². The zero-order valence-corrected chi connectivity index (χ0v) is 12.7. The highest BCUT2D eigenvalue weighted by Crippen LogP contribution is 2.26. The van der Waals surface area contributed by atoms with E-state index in [1.807, 2.05) is 6.07 Å². The summed E-state index contributed by atoms with van der Waals surface area (Å²) < 4.78 is 5.48. The summed E-state index contributed by atoms with van der Waals surface area (Å²) in [5.41, 5.74) is 1.54. The fourth-order valence-corrected chi connectivity index (χ4v) is 2.43. The molecule has 0 saturated carbocycles. The zero-order valence-electron chi connectivity index (χ0n) is 12.7. The van der Waals surface area contributed by atoms with Gasteiger partial charge in [-0.1, -0.05) is 12.1 Å². The van der Waals surface area contributed by atoms with Gasteiger partial charge in [-0.3, -0.25) is 14.5 Å². The molecule has 2 heterocycles. The van der Waals surface area contributed by atoms with Gasteiger partial charge in [-0.15, -0.1) is 0 Å². The van der Waals surface area contributed by atoms with Crippen LogP contribution in [0.25, 0.3) is 11.3 Å². The number of anilines is 1. The van der Waals surface area contributed by atoms with Crippen molar-refractivity contribution >= 4 is 17.5 Å². The zero-order chi connectivity index (χ0) is 17.1. The summed E-state index contributed by atoms with van der Waals surface area (Å²) in [7, 11) is 0. The molecule has 124 valence electrons. The number of imide groups is 1. The van der Waals surface area contributed by atoms with Crippen LogP contribution in [0.4, 0.5) is 5.69 Å². The maximum atomic E-state index is 12.1. The van der Waals surface area contributed by atoms with E-state index in [4.69, 9.17) is 14.6 Å². The largest absolute Gasteiger partial charge is 0.459 e. The van der Waals surface area contributed by atoms with E-state index >= 15 is 0 Å². The van der Waals surface area contributed by atoms with E-state index in [-0.39, 0.29) is 25.5 Å². The van der Waals surface area contributed by atoms with Gasteiger partial charge in [-0.25, -0.2) is 0 Å². The van der Waals surface area contributed by atoms with E-state index < -0.39 is 11.8 Å². The standard InChI is InChI=1S/C17H16N2O5/c20-7-6-19-16(22)9-14(17(19)23)18-12-3-1-2-11(8-12)15-5-4-13(10-21)24-15/h1-5,8-9,18,20-21H,6-7,10H2. The topological polar surface area (TPSA) is 103 Å². The summed E-state index contributed by atoms with van der Waals surface area (Å²) in [4.78, 5) is 24.8. The Balaban J connectivity index is 1.79. The average Bonchev–Trinajstić information content (AvgIpc) is 3.16. The van der Waals surface area contributed by atoms with Gasteiger partial charge in [0, 0.05) is 17.3 Å². The number of benzene rings is 1. The molecule has 0 bridgehead atoms. The average molecular weight is 328 g/mol. The fourth-order valence-electron chi connectivity index (χ4n) is 2.43. The van der Waals surface area contributed by atoms with Gasteiger partial charge in [0.25, 0.3) is 11.8 Å². The number of hydrogen-bond acceptors (Lipinski definition) is 6. The van der Waals surface area contributed by atoms with Crippen molar-refractivity contribution in [2.45, 2.75) is 6.61 Å². The van der Waals surface area contributed by atoms with Gasteiger partial charge in [0.15, 0.2) is 0 Å². The molecule has 1 aliphatic heterocycles. The molecule has 0 fully saturated rings. The van der Waals surface area contributed by atoms with Crippen molar-refractivity contribution in [3.63, 3.8) is 0 Å². The maximum absolute atomic E-state index is 12.1. The molecule has 1 aromatic carbocycles. The normalized spacial score (nSPS) is 14.2. The second-order valence-electron chi connectivity index (χ2n) is 5.21. The summed E-state index contributed by atoms with van der Waals surface area (Å²) >= 11 is 0. The molecule has 3 N–H and O–H groups in total. The minimum Gasteiger partial charge on any atom is -0.459 e. The molecule has 0 saturated heterocycles. The highest BCUT2D eigenvalue weighted by atomic mass is 16.4. The van der Waals surface area contributed by atoms with Crippen LogP contribution in [0.3, 0.4) is 0 Å². The second-order valence-corrected chi connectivity index (χ2v) is 5.21. The molecule has 24 heavy (non-hydrogen) atoms. The molecule has 1 aromatic heterocycles. The van der Waals surface area contributed by atoms with Gasteiger partial charge in [0.05, 0.1) is 13.2 Å². The van der Waals surface area contributed by atoms with Crippen LogP contribution in [0, 0.1) is 0 Å². The molecule has 7 heteroatoms. The first-order valence-corrected chi connectivity index (χ1v) is 7.38. The third-order valence-electron chi connectivity index (χ3n) is 3.58. The number of carbonyl (C=O) groups excluding carboxylic acids is 2. The number of aliphatic hydroxyl groups is 2. The van der Waals surface area contributed by atoms with Gasteiger partial charge in [0.2, 0.25) is 0 Å². The van der Waals surface area contributed by atoms with Crippen molar-refractivity contribution in [2.75, 3.05) is 18.5 Å². The number of rotatable bonds is 6. The lowest BCUT2D eigenvalue weighted by Crippen LogP contribution is -2.34. The van der Waals surface area contributed by atoms with Crippen LogP contribution in [-0.2, 0) is 16.2 Å². The third kappa shape index (κ3) is 3.08. The van der Waals surface area contributed by atoms with Gasteiger partial charge in [-0.05, 0) is 24.3 Å². The Hall–Kier alpha value is -2.90. The van der Waals surface area contributed by atoms with Gasteiger partial charge in [-0.2, -0.15) is 0 Å². The number of amides is 2. The molecule has 0 spiro atoms. The molecule has 7 nitrogen and oxygen atoms in total. The predicted octanol–water partition coefficient (Wildman–Crippen LogP) is 1.10. The number of β-amino-alcohol motifs (C(OH)–C–C–N with tert-alkyl or cyclic N) is 1. The van der Waals surface area contributed by atoms with E-state index in [1.54, 1.807) is 30.3 Å². The van der Waals surface area contributed by atoms with Crippen molar-refractivity contribution in [1.29, 1.82) is 0 Å². The van der Waals surface area contributed by atoms with Crippen LogP contribution in [0.5, 0.6) is 0 Å². The number of hydrogen-bond donors (Lipinski definition) is 3. The Bertz CT molecular complexity index is 809. The highest BCUT2D eigenvalue weighted by Gasteiger charge is 2.30. The van der Waals surface area contributed by atoms with Crippen LogP contribution in [0.1, 0.15) is 5.76 Å². The van der Waals surface area contributed by atoms with Crippen molar-refractivity contribution in [2.24, 2.45) is 0 Å². The molecule has 0 atom stereocenters. The van der Waals surface area contributed by atoms with E-state index in [9.17, 15) is 9.59 Å². The van der Waals surface area contributed by atoms with Crippen LogP contribution < -0.4 is 5.32 Å². The summed E-state index contributed by atoms with van der Waals surface area (Å²) in [6.07, 6.45) is 1.21. The van der Waals surface area contributed by atoms with E-state index in [0.29, 0.717) is 17.2 Å². The fraction of sp³-hybridized carbons (Fsp3) is 0.176. The molecule has 2 aromatic rings. The SMILES string of the molecule is O=C1C=C(Nc2cccc(-c3ccc(CO)o3)c2)C(=O)N1CCO. The second kappa shape index (κ2) is 6.69. The van der Waals surface area contributed by atoms with Crippen LogP contribution in [0.15, 0.2) is 52.6 Å². The predicted molar refractivity (Wildman–Crippen MR) is 85.6 cm³/mol. The quantitative estimate of drug-likeness (QED) is 0.686. The van der Waals surface area contributed by atoms with Crippen molar-refractivity contribution in [1.82, 2.24) is 4.90 Å². The Kier molecular flexibility index (Phi) is 4.45. The number of furan rings is 1. The smallest absolute Gasteiger partial charge is 0.277 e. The summed E-state index contributed by atoms with van der Waals surface area (Å²) in [6.45, 7) is -0.488. The summed E-state index contributed by atoms with van der Waals surface area (Å²) in [6, 6.07) is 10.6. The first-order chi connectivity index (χ1) is 11.6. The number of carbonyl (C=O) groups is 2. The summed E-state index contributed by atoms with van der Waals surface area (Å²) in [5, 5.41) is 20.9. The Morgan fingerprint density at radius 3 is 2.67 bits per heavy atom. The first kappa shape index (κ1) is 16.0. The molecule has 3 rings (SSSR count). The molecule has 0 radical (unpaired) electrons. The monoisotopic (exact) mass is 328 g/mol. The van der Waals surface area contributed by atoms with E-state index in [0.717, 1.165) is 10.5 Å². The minimum absolute atomic E-state index is 0.0320. The molecule has 1 aliphatic rings. The number of aliphatic hydroxyl groups excluding tert-OH is 2. The summed E-state index contributed by atoms with van der Waals surface area (Å²) in [5.74, 6) is 0.126. The van der Waals surface area contributed by atoms with E-state index in [2.05, 4.69) is 5.32 Å². The van der Waals surface area contributed by atoms with Crippen molar-refractivity contribution in [3.05, 3.63) is 53.9 Å². The molecule has 2 amide bonds. The first-order valence-electron chi connectivity index (χ1n) is 7.38. The minimum atomic E-state index is -0.472. The Morgan fingerprint density at radius 2 is 1.96 bits per heavy atom. The highest BCUT2D eigenvalue weighted by molar-refractivity contribution is 6.17. The molecule has 0 aliphatic carbocycles. The lowest BCUT2D eigenvalue weighted by Gasteiger charge is -2.13. The van der Waals surface area contributed by atoms with Crippen molar-refractivity contribution in [3.8, 4) is 11.3 Å². The van der Waals surface area contributed by atoms with Crippen LogP contribution in [-0.4, -0.2) is 40.1 Å². The van der Waals surface area contributed by atoms with E-state index in [1.165, 1.54) is 6.08 Å². The molecular formula is C17H16N2O5. The number of nitrogens with one attached hydrogen (secondary N) is 1.